The molecule has 0 saturated carbocycles. The topological polar surface area (TPSA) is 67.4 Å². The molecular formula is C20H21F3N2O3. The summed E-state index contributed by atoms with van der Waals surface area (Å²) in [5, 5.41) is 4.88. The Labute approximate surface area is 160 Å². The molecule has 0 unspecified atom stereocenters. The number of halogens is 3. The third kappa shape index (κ3) is 6.61. The number of rotatable bonds is 8. The lowest BCUT2D eigenvalue weighted by Crippen LogP contribution is -2.32. The summed E-state index contributed by atoms with van der Waals surface area (Å²) in [7, 11) is 0. The fourth-order valence-corrected chi connectivity index (χ4v) is 2.25. The number of benzene rings is 2. The summed E-state index contributed by atoms with van der Waals surface area (Å²) in [5.74, 6) is -0.333. The number of hydrogen-bond acceptors (Lipinski definition) is 3. The second kappa shape index (κ2) is 9.77. The Morgan fingerprint density at radius 1 is 1.00 bits per heavy atom. The molecule has 28 heavy (non-hydrogen) atoms. The number of alkyl halides is 3. The van der Waals surface area contributed by atoms with Gasteiger partial charge in [0, 0.05) is 11.3 Å². The van der Waals surface area contributed by atoms with Gasteiger partial charge in [0.2, 0.25) is 5.91 Å². The molecule has 2 amide bonds. The van der Waals surface area contributed by atoms with Gasteiger partial charge in [-0.1, -0.05) is 13.3 Å². The van der Waals surface area contributed by atoms with E-state index in [-0.39, 0.29) is 12.2 Å². The number of carbonyl (C=O) groups is 2. The zero-order valence-electron chi connectivity index (χ0n) is 15.3. The Balaban J connectivity index is 1.81. The number of hydrogen-bond donors (Lipinski definition) is 2. The van der Waals surface area contributed by atoms with Gasteiger partial charge in [0.15, 0.2) is 0 Å². The minimum Gasteiger partial charge on any atom is -0.494 e. The Bertz CT molecular complexity index is 788. The highest BCUT2D eigenvalue weighted by Crippen LogP contribution is 2.29. The Morgan fingerprint density at radius 3 is 2.21 bits per heavy atom. The van der Waals surface area contributed by atoms with Crippen LogP contribution in [0.1, 0.15) is 35.7 Å². The van der Waals surface area contributed by atoms with Crippen molar-refractivity contribution in [1.82, 2.24) is 5.32 Å². The van der Waals surface area contributed by atoms with Gasteiger partial charge >= 0.3 is 6.18 Å². The minimum absolute atomic E-state index is 0.209. The third-order valence-electron chi connectivity index (χ3n) is 3.79. The summed E-state index contributed by atoms with van der Waals surface area (Å²) in [6.45, 7) is 2.35. The van der Waals surface area contributed by atoms with Crippen molar-refractivity contribution in [3.63, 3.8) is 0 Å². The highest BCUT2D eigenvalue weighted by molar-refractivity contribution is 5.99. The number of amides is 2. The van der Waals surface area contributed by atoms with Crippen LogP contribution < -0.4 is 15.4 Å². The molecular weight excluding hydrogens is 373 g/mol. The van der Waals surface area contributed by atoms with E-state index in [1.165, 1.54) is 0 Å². The third-order valence-corrected chi connectivity index (χ3v) is 3.79. The molecule has 0 aliphatic heterocycles. The van der Waals surface area contributed by atoms with E-state index in [0.717, 1.165) is 37.1 Å². The van der Waals surface area contributed by atoms with Crippen LogP contribution in [0.3, 0.4) is 0 Å². The van der Waals surface area contributed by atoms with Crippen molar-refractivity contribution in [3.8, 4) is 5.75 Å². The SMILES string of the molecule is CCCCOc1ccc(C(=O)NCC(=O)Nc2ccc(C(F)(F)F)cc2)cc1. The normalized spacial score (nSPS) is 11.0. The van der Waals surface area contributed by atoms with Crippen molar-refractivity contribution in [1.29, 1.82) is 0 Å². The van der Waals surface area contributed by atoms with Crippen LogP contribution in [0.25, 0.3) is 0 Å². The van der Waals surface area contributed by atoms with Crippen molar-refractivity contribution in [3.05, 3.63) is 59.7 Å². The number of unbranched alkanes of at least 4 members (excludes halogenated alkanes) is 1. The van der Waals surface area contributed by atoms with Crippen LogP contribution in [0.4, 0.5) is 18.9 Å². The van der Waals surface area contributed by atoms with Crippen LogP contribution in [0.2, 0.25) is 0 Å². The summed E-state index contributed by atoms with van der Waals surface area (Å²) in [6, 6.07) is 10.6. The fourth-order valence-electron chi connectivity index (χ4n) is 2.25. The molecule has 0 radical (unpaired) electrons. The van der Waals surface area contributed by atoms with Gasteiger partial charge in [-0.15, -0.1) is 0 Å². The molecule has 2 aromatic carbocycles. The summed E-state index contributed by atoms with van der Waals surface area (Å²) in [6.07, 6.45) is -2.47. The maximum Gasteiger partial charge on any atom is 0.416 e. The van der Waals surface area contributed by atoms with Gasteiger partial charge in [0.25, 0.3) is 5.91 Å². The first kappa shape index (κ1) is 21.3. The van der Waals surface area contributed by atoms with E-state index in [1.54, 1.807) is 24.3 Å². The molecule has 0 aliphatic carbocycles. The van der Waals surface area contributed by atoms with Crippen LogP contribution in [0.15, 0.2) is 48.5 Å². The monoisotopic (exact) mass is 394 g/mol. The predicted molar refractivity (Wildman–Crippen MR) is 99.3 cm³/mol. The highest BCUT2D eigenvalue weighted by Gasteiger charge is 2.29. The summed E-state index contributed by atoms with van der Waals surface area (Å²) < 4.78 is 43.0. The van der Waals surface area contributed by atoms with Crippen molar-refractivity contribution >= 4 is 17.5 Å². The largest absolute Gasteiger partial charge is 0.494 e. The molecule has 0 heterocycles. The first-order valence-corrected chi connectivity index (χ1v) is 8.77. The zero-order valence-corrected chi connectivity index (χ0v) is 15.3. The highest BCUT2D eigenvalue weighted by atomic mass is 19.4. The maximum atomic E-state index is 12.5. The van der Waals surface area contributed by atoms with Gasteiger partial charge in [-0.05, 0) is 55.0 Å². The molecule has 8 heteroatoms. The van der Waals surface area contributed by atoms with Crippen molar-refractivity contribution < 1.29 is 27.5 Å². The second-order valence-electron chi connectivity index (χ2n) is 6.03. The van der Waals surface area contributed by atoms with E-state index in [1.807, 2.05) is 0 Å². The molecule has 0 aliphatic rings. The van der Waals surface area contributed by atoms with Crippen LogP contribution in [-0.2, 0) is 11.0 Å². The van der Waals surface area contributed by atoms with Crippen LogP contribution in [0.5, 0.6) is 5.75 Å². The van der Waals surface area contributed by atoms with E-state index < -0.39 is 23.6 Å². The molecule has 2 rings (SSSR count). The molecule has 5 nitrogen and oxygen atoms in total. The predicted octanol–water partition coefficient (Wildman–Crippen LogP) is 4.25. The van der Waals surface area contributed by atoms with Gasteiger partial charge in [0.1, 0.15) is 5.75 Å². The maximum absolute atomic E-state index is 12.5. The quantitative estimate of drug-likeness (QED) is 0.658. The molecule has 2 aromatic rings. The Hall–Kier alpha value is -3.03. The van der Waals surface area contributed by atoms with Crippen molar-refractivity contribution in [2.75, 3.05) is 18.5 Å². The first-order chi connectivity index (χ1) is 13.3. The van der Waals surface area contributed by atoms with Crippen molar-refractivity contribution in [2.24, 2.45) is 0 Å². The summed E-state index contributed by atoms with van der Waals surface area (Å²) >= 11 is 0. The molecule has 0 fully saturated rings. The van der Waals surface area contributed by atoms with E-state index in [9.17, 15) is 22.8 Å². The average Bonchev–Trinajstić information content (AvgIpc) is 2.66. The number of ether oxygens (including phenoxy) is 1. The summed E-state index contributed by atoms with van der Waals surface area (Å²) in [5.41, 5.74) is -0.230. The molecule has 2 N–H and O–H groups in total. The molecule has 0 aromatic heterocycles. The minimum atomic E-state index is -4.44. The zero-order chi connectivity index (χ0) is 20.6. The smallest absolute Gasteiger partial charge is 0.416 e. The molecule has 0 atom stereocenters. The second-order valence-corrected chi connectivity index (χ2v) is 6.03. The Morgan fingerprint density at radius 2 is 1.64 bits per heavy atom. The van der Waals surface area contributed by atoms with Gasteiger partial charge in [-0.25, -0.2) is 0 Å². The van der Waals surface area contributed by atoms with Gasteiger partial charge in [-0.2, -0.15) is 13.2 Å². The van der Waals surface area contributed by atoms with E-state index in [4.69, 9.17) is 4.74 Å². The standard InChI is InChI=1S/C20H21F3N2O3/c1-2-3-12-28-17-10-4-14(5-11-17)19(27)24-13-18(26)25-16-8-6-15(7-9-16)20(21,22)23/h4-11H,2-3,12-13H2,1H3,(H,24,27)(H,25,26). The van der Waals surface area contributed by atoms with Gasteiger partial charge in [0.05, 0.1) is 18.7 Å². The number of nitrogens with one attached hydrogen (secondary N) is 2. The van der Waals surface area contributed by atoms with Crippen molar-refractivity contribution in [2.45, 2.75) is 25.9 Å². The molecule has 150 valence electrons. The van der Waals surface area contributed by atoms with Gasteiger partial charge in [-0.3, -0.25) is 9.59 Å². The lowest BCUT2D eigenvalue weighted by atomic mass is 10.2. The van der Waals surface area contributed by atoms with E-state index in [0.29, 0.717) is 17.9 Å². The number of anilines is 1. The first-order valence-electron chi connectivity index (χ1n) is 8.77. The number of carbonyl (C=O) groups excluding carboxylic acids is 2. The van der Waals surface area contributed by atoms with Crippen LogP contribution >= 0.6 is 0 Å². The molecule has 0 spiro atoms. The van der Waals surface area contributed by atoms with E-state index in [2.05, 4.69) is 17.6 Å². The Kier molecular flexibility index (Phi) is 7.43. The fraction of sp³-hybridized carbons (Fsp3) is 0.300. The average molecular weight is 394 g/mol. The van der Waals surface area contributed by atoms with Crippen LogP contribution in [-0.4, -0.2) is 25.0 Å². The van der Waals surface area contributed by atoms with Gasteiger partial charge < -0.3 is 15.4 Å². The van der Waals surface area contributed by atoms with Crippen LogP contribution in [0, 0.1) is 0 Å². The lowest BCUT2D eigenvalue weighted by Gasteiger charge is -2.10. The lowest BCUT2D eigenvalue weighted by molar-refractivity contribution is -0.137. The molecule has 0 saturated heterocycles. The summed E-state index contributed by atoms with van der Waals surface area (Å²) in [4.78, 5) is 23.9. The molecule has 0 bridgehead atoms. The van der Waals surface area contributed by atoms with E-state index >= 15 is 0 Å².